The Kier molecular flexibility index (Phi) is 2.48. The van der Waals surface area contributed by atoms with Crippen LogP contribution in [-0.2, 0) is 7.05 Å². The summed E-state index contributed by atoms with van der Waals surface area (Å²) in [4.78, 5) is 4.25. The Morgan fingerprint density at radius 1 is 1.39 bits per heavy atom. The number of fused-ring (bicyclic) bond motifs is 1. The van der Waals surface area contributed by atoms with Gasteiger partial charge in [-0.2, -0.15) is 0 Å². The average Bonchev–Trinajstić information content (AvgIpc) is 2.96. The van der Waals surface area contributed by atoms with Crippen molar-refractivity contribution in [2.75, 3.05) is 7.11 Å². The molecule has 3 aromatic rings. The Balaban J connectivity index is 2.28. The first kappa shape index (κ1) is 11.1. The third kappa shape index (κ3) is 1.48. The van der Waals surface area contributed by atoms with Gasteiger partial charge in [0, 0.05) is 19.4 Å². The van der Waals surface area contributed by atoms with E-state index in [2.05, 4.69) is 10.1 Å². The van der Waals surface area contributed by atoms with Crippen LogP contribution in [0.1, 0.15) is 0 Å². The van der Waals surface area contributed by atoms with Gasteiger partial charge in [0.25, 0.3) is 0 Å². The molecule has 92 valence electrons. The zero-order valence-corrected chi connectivity index (χ0v) is 10.6. The molecule has 0 unspecified atom stereocenters. The van der Waals surface area contributed by atoms with E-state index in [-0.39, 0.29) is 0 Å². The molecule has 0 amide bonds. The van der Waals surface area contributed by atoms with Gasteiger partial charge in [-0.25, -0.2) is 4.98 Å². The molecule has 0 N–H and O–H groups in total. The van der Waals surface area contributed by atoms with Crippen LogP contribution in [0, 0.1) is 0 Å². The van der Waals surface area contributed by atoms with Crippen LogP contribution in [0.5, 0.6) is 5.75 Å². The molecule has 6 heteroatoms. The minimum atomic E-state index is 0.419. The number of rotatable bonds is 2. The zero-order chi connectivity index (χ0) is 12.7. The largest absolute Gasteiger partial charge is 0.495 e. The van der Waals surface area contributed by atoms with Gasteiger partial charge in [0.15, 0.2) is 17.1 Å². The van der Waals surface area contributed by atoms with E-state index in [1.54, 1.807) is 19.4 Å². The van der Waals surface area contributed by atoms with Gasteiger partial charge in [-0.15, -0.1) is 0 Å². The second kappa shape index (κ2) is 4.03. The van der Waals surface area contributed by atoms with Gasteiger partial charge in [0.1, 0.15) is 10.8 Å². The molecule has 2 aromatic heterocycles. The fourth-order valence-corrected chi connectivity index (χ4v) is 2.14. The first-order chi connectivity index (χ1) is 8.72. The predicted molar refractivity (Wildman–Crippen MR) is 67.8 cm³/mol. The Bertz CT molecular complexity index is 717. The van der Waals surface area contributed by atoms with Crippen LogP contribution >= 0.6 is 11.6 Å². The van der Waals surface area contributed by atoms with Crippen molar-refractivity contribution in [2.24, 2.45) is 7.05 Å². The van der Waals surface area contributed by atoms with Crippen molar-refractivity contribution in [3.05, 3.63) is 29.5 Å². The Morgan fingerprint density at radius 3 is 2.89 bits per heavy atom. The smallest absolute Gasteiger partial charge is 0.189 e. The number of methoxy groups -OCH3 is 1. The molecule has 0 aliphatic heterocycles. The molecule has 0 aliphatic rings. The van der Waals surface area contributed by atoms with Gasteiger partial charge in [0.05, 0.1) is 12.5 Å². The normalized spacial score (nSPS) is 11.1. The summed E-state index contributed by atoms with van der Waals surface area (Å²) < 4.78 is 12.3. The van der Waals surface area contributed by atoms with E-state index in [4.69, 9.17) is 20.9 Å². The van der Waals surface area contributed by atoms with Gasteiger partial charge in [-0.1, -0.05) is 16.8 Å². The lowest BCUT2D eigenvalue weighted by molar-refractivity contribution is 0.412. The van der Waals surface area contributed by atoms with E-state index in [0.717, 1.165) is 11.2 Å². The lowest BCUT2D eigenvalue weighted by atomic mass is 10.2. The van der Waals surface area contributed by atoms with Crippen molar-refractivity contribution in [1.82, 2.24) is 14.7 Å². The summed E-state index contributed by atoms with van der Waals surface area (Å²) in [5, 5.41) is 5.27. The third-order valence-corrected chi connectivity index (χ3v) is 3.16. The lowest BCUT2D eigenvalue weighted by Crippen LogP contribution is -1.91. The van der Waals surface area contributed by atoms with Gasteiger partial charge in [-0.05, 0) is 12.1 Å². The van der Waals surface area contributed by atoms with E-state index in [9.17, 15) is 0 Å². The first-order valence-electron chi connectivity index (χ1n) is 5.32. The highest BCUT2D eigenvalue weighted by Gasteiger charge is 2.18. The Labute approximate surface area is 108 Å². The van der Waals surface area contributed by atoms with E-state index < -0.39 is 0 Å². The number of hydrogen-bond acceptors (Lipinski definition) is 4. The number of aryl methyl sites for hydroxylation is 1. The molecule has 1 aromatic carbocycles. The number of ether oxygens (including phenoxy) is 1. The third-order valence-electron chi connectivity index (χ3n) is 2.80. The molecule has 5 nitrogen and oxygen atoms in total. The van der Waals surface area contributed by atoms with Gasteiger partial charge in [0.2, 0.25) is 0 Å². The molecular formula is C12H10ClN3O2. The highest BCUT2D eigenvalue weighted by Crippen LogP contribution is 2.36. The van der Waals surface area contributed by atoms with Crippen LogP contribution in [0.25, 0.3) is 22.5 Å². The van der Waals surface area contributed by atoms with Crippen LogP contribution in [0.15, 0.2) is 29.0 Å². The van der Waals surface area contributed by atoms with E-state index in [1.807, 2.05) is 23.9 Å². The molecule has 0 saturated heterocycles. The predicted octanol–water partition coefficient (Wildman–Crippen LogP) is 2.89. The topological polar surface area (TPSA) is 53.1 Å². The number of hydrogen-bond donors (Lipinski definition) is 0. The van der Waals surface area contributed by atoms with Crippen molar-refractivity contribution < 1.29 is 9.26 Å². The maximum Gasteiger partial charge on any atom is 0.189 e. The summed E-state index contributed by atoms with van der Waals surface area (Å²) in [6.45, 7) is 0. The number of nitrogens with zero attached hydrogens (tertiary/aromatic N) is 3. The van der Waals surface area contributed by atoms with Crippen molar-refractivity contribution >= 4 is 22.6 Å². The number of benzene rings is 1. The molecule has 0 spiro atoms. The Hall–Kier alpha value is -2.01. The molecule has 0 saturated carbocycles. The molecule has 0 aliphatic carbocycles. The van der Waals surface area contributed by atoms with Gasteiger partial charge in [-0.3, -0.25) is 0 Å². The molecule has 0 radical (unpaired) electrons. The lowest BCUT2D eigenvalue weighted by Gasteiger charge is -2.02. The van der Waals surface area contributed by atoms with Crippen LogP contribution < -0.4 is 4.74 Å². The van der Waals surface area contributed by atoms with Gasteiger partial charge < -0.3 is 13.8 Å². The maximum absolute atomic E-state index is 6.17. The molecule has 18 heavy (non-hydrogen) atoms. The molecular weight excluding hydrogens is 254 g/mol. The Morgan fingerprint density at radius 2 is 2.22 bits per heavy atom. The minimum Gasteiger partial charge on any atom is -0.495 e. The monoisotopic (exact) mass is 263 g/mol. The van der Waals surface area contributed by atoms with Crippen molar-refractivity contribution in [3.63, 3.8) is 0 Å². The maximum atomic E-state index is 6.17. The molecule has 0 fully saturated rings. The second-order valence-corrected chi connectivity index (χ2v) is 4.23. The summed E-state index contributed by atoms with van der Waals surface area (Å²) in [5.74, 6) is 1.29. The summed E-state index contributed by atoms with van der Waals surface area (Å²) in [6, 6.07) is 3.65. The standard InChI is InChI=1S/C12H10ClN3O2/c1-16-6-5-14-12(16)10-7-3-4-8(17-2)9(13)11(7)18-15-10/h3-6H,1-2H3. The summed E-state index contributed by atoms with van der Waals surface area (Å²) in [6.07, 6.45) is 3.56. The van der Waals surface area contributed by atoms with Gasteiger partial charge >= 0.3 is 0 Å². The molecule has 0 atom stereocenters. The molecule has 0 bridgehead atoms. The summed E-state index contributed by atoms with van der Waals surface area (Å²) >= 11 is 6.17. The SMILES string of the molecule is COc1ccc2c(-c3nccn3C)noc2c1Cl. The van der Waals surface area contributed by atoms with Crippen molar-refractivity contribution in [2.45, 2.75) is 0 Å². The highest BCUT2D eigenvalue weighted by atomic mass is 35.5. The highest BCUT2D eigenvalue weighted by molar-refractivity contribution is 6.36. The van der Waals surface area contributed by atoms with Crippen LogP contribution in [0.3, 0.4) is 0 Å². The summed E-state index contributed by atoms with van der Waals surface area (Å²) in [7, 11) is 3.46. The van der Waals surface area contributed by atoms with E-state index in [0.29, 0.717) is 22.0 Å². The van der Waals surface area contributed by atoms with Crippen LogP contribution in [-0.4, -0.2) is 21.8 Å². The fraction of sp³-hybridized carbons (Fsp3) is 0.167. The van der Waals surface area contributed by atoms with E-state index >= 15 is 0 Å². The number of halogens is 1. The van der Waals surface area contributed by atoms with Crippen LogP contribution in [0.2, 0.25) is 5.02 Å². The fourth-order valence-electron chi connectivity index (χ4n) is 1.87. The molecule has 2 heterocycles. The molecule has 3 rings (SSSR count). The van der Waals surface area contributed by atoms with E-state index in [1.165, 1.54) is 0 Å². The number of aromatic nitrogens is 3. The second-order valence-electron chi connectivity index (χ2n) is 3.85. The summed E-state index contributed by atoms with van der Waals surface area (Å²) in [5.41, 5.74) is 1.18. The number of imidazole rings is 1. The zero-order valence-electron chi connectivity index (χ0n) is 9.85. The minimum absolute atomic E-state index is 0.419. The van der Waals surface area contributed by atoms with Crippen LogP contribution in [0.4, 0.5) is 0 Å². The van der Waals surface area contributed by atoms with Crippen molar-refractivity contribution in [1.29, 1.82) is 0 Å². The average molecular weight is 264 g/mol. The first-order valence-corrected chi connectivity index (χ1v) is 5.69. The van der Waals surface area contributed by atoms with Crippen molar-refractivity contribution in [3.8, 4) is 17.3 Å². The quantitative estimate of drug-likeness (QED) is 0.713.